The summed E-state index contributed by atoms with van der Waals surface area (Å²) < 4.78 is 18.8. The van der Waals surface area contributed by atoms with Crippen LogP contribution in [0.5, 0.6) is 0 Å². The lowest BCUT2D eigenvalue weighted by Crippen LogP contribution is -2.23. The fourth-order valence-corrected chi connectivity index (χ4v) is 1.91. The Bertz CT molecular complexity index is 266. The first-order chi connectivity index (χ1) is 5.88. The fourth-order valence-electron chi connectivity index (χ4n) is 1.52. The maximum Gasteiger partial charge on any atom is 0.112 e. The standard InChI is InChI=1S/C6H16N4O2S/c7-5-1-4(6(11)2-5)3-12-13(8,9)10/h4-6,11H,1-3,7H2,(H4,8,9,10)/t4-,5-,6+/m1/s1. The summed E-state index contributed by atoms with van der Waals surface area (Å²) in [5, 5.41) is 14.5. The Morgan fingerprint density at radius 3 is 2.46 bits per heavy atom. The molecule has 0 spiro atoms. The Hall–Kier alpha value is -0.210. The first-order valence-electron chi connectivity index (χ1n) is 4.07. The highest BCUT2D eigenvalue weighted by atomic mass is 32.2. The van der Waals surface area contributed by atoms with Crippen LogP contribution in [0.3, 0.4) is 0 Å². The summed E-state index contributed by atoms with van der Waals surface area (Å²) in [6.45, 7) is 0.160. The maximum absolute atomic E-state index is 9.44. The Kier molecular flexibility index (Phi) is 3.25. The van der Waals surface area contributed by atoms with Crippen molar-refractivity contribution in [2.75, 3.05) is 6.61 Å². The van der Waals surface area contributed by atoms with Crippen molar-refractivity contribution in [2.45, 2.75) is 25.0 Å². The monoisotopic (exact) mass is 208 g/mol. The zero-order valence-electron chi connectivity index (χ0n) is 7.27. The van der Waals surface area contributed by atoms with Crippen molar-refractivity contribution in [1.82, 2.24) is 0 Å². The van der Waals surface area contributed by atoms with Gasteiger partial charge in [0.25, 0.3) is 0 Å². The van der Waals surface area contributed by atoms with Crippen LogP contribution >= 0.6 is 0 Å². The molecule has 13 heavy (non-hydrogen) atoms. The van der Waals surface area contributed by atoms with E-state index in [-0.39, 0.29) is 18.6 Å². The van der Waals surface area contributed by atoms with E-state index in [1.807, 2.05) is 0 Å². The SMILES string of the molecule is N=S(=N)(N)OC[C@H]1C[C@@H](N)C[C@@H]1O. The summed E-state index contributed by atoms with van der Waals surface area (Å²) in [7, 11) is -2.90. The summed E-state index contributed by atoms with van der Waals surface area (Å²) >= 11 is 0. The van der Waals surface area contributed by atoms with Crippen molar-refractivity contribution in [2.24, 2.45) is 16.8 Å². The van der Waals surface area contributed by atoms with Crippen LogP contribution in [0.25, 0.3) is 0 Å². The van der Waals surface area contributed by atoms with E-state index in [1.165, 1.54) is 0 Å². The predicted octanol–water partition coefficient (Wildman–Crippen LogP) is -0.431. The molecule has 0 amide bonds. The van der Waals surface area contributed by atoms with E-state index in [4.69, 9.17) is 24.6 Å². The maximum atomic E-state index is 9.44. The van der Waals surface area contributed by atoms with Crippen molar-refractivity contribution in [1.29, 1.82) is 9.56 Å². The molecule has 3 atom stereocenters. The lowest BCUT2D eigenvalue weighted by atomic mass is 10.1. The average molecular weight is 208 g/mol. The lowest BCUT2D eigenvalue weighted by molar-refractivity contribution is 0.103. The van der Waals surface area contributed by atoms with E-state index >= 15 is 0 Å². The number of nitrogens with one attached hydrogen (secondary N) is 2. The van der Waals surface area contributed by atoms with E-state index in [0.29, 0.717) is 12.8 Å². The minimum Gasteiger partial charge on any atom is -0.393 e. The molecule has 1 fully saturated rings. The largest absolute Gasteiger partial charge is 0.393 e. The molecule has 0 heterocycles. The lowest BCUT2D eigenvalue weighted by Gasteiger charge is -2.14. The van der Waals surface area contributed by atoms with Gasteiger partial charge < -0.3 is 10.8 Å². The van der Waals surface area contributed by atoms with Crippen LogP contribution in [0.15, 0.2) is 0 Å². The summed E-state index contributed by atoms with van der Waals surface area (Å²) in [5.74, 6) is -0.0684. The third kappa shape index (κ3) is 3.57. The fraction of sp³-hybridized carbons (Fsp3) is 1.00. The van der Waals surface area contributed by atoms with Crippen molar-refractivity contribution < 1.29 is 9.29 Å². The Balaban J connectivity index is 2.38. The smallest absolute Gasteiger partial charge is 0.112 e. The van der Waals surface area contributed by atoms with Gasteiger partial charge in [-0.3, -0.25) is 4.18 Å². The van der Waals surface area contributed by atoms with Gasteiger partial charge in [0.2, 0.25) is 0 Å². The van der Waals surface area contributed by atoms with E-state index in [1.54, 1.807) is 0 Å². The predicted molar refractivity (Wildman–Crippen MR) is 49.7 cm³/mol. The number of aliphatic hydroxyl groups excluding tert-OH is 1. The molecule has 0 aliphatic heterocycles. The molecule has 0 aromatic heterocycles. The number of hydrogen-bond donors (Lipinski definition) is 5. The minimum absolute atomic E-state index is 0.00208. The molecule has 0 saturated heterocycles. The molecule has 0 radical (unpaired) electrons. The molecule has 0 bridgehead atoms. The van der Waals surface area contributed by atoms with Gasteiger partial charge >= 0.3 is 0 Å². The van der Waals surface area contributed by atoms with Crippen molar-refractivity contribution >= 4 is 10.1 Å². The van der Waals surface area contributed by atoms with Gasteiger partial charge in [-0.1, -0.05) is 0 Å². The summed E-state index contributed by atoms with van der Waals surface area (Å²) in [4.78, 5) is 0. The molecule has 6 nitrogen and oxygen atoms in total. The van der Waals surface area contributed by atoms with Gasteiger partial charge in [0.15, 0.2) is 0 Å². The number of hydrogen-bond acceptors (Lipinski definition) is 5. The molecule has 0 aromatic rings. The Morgan fingerprint density at radius 1 is 1.46 bits per heavy atom. The summed E-state index contributed by atoms with van der Waals surface area (Å²) in [6.07, 6.45) is 0.768. The molecule has 1 aliphatic carbocycles. The third-order valence-corrected chi connectivity index (χ3v) is 2.67. The molecule has 1 aliphatic rings. The van der Waals surface area contributed by atoms with Gasteiger partial charge in [-0.2, -0.15) is 0 Å². The van der Waals surface area contributed by atoms with E-state index in [2.05, 4.69) is 0 Å². The van der Waals surface area contributed by atoms with Crippen molar-refractivity contribution in [3.63, 3.8) is 0 Å². The van der Waals surface area contributed by atoms with E-state index < -0.39 is 16.2 Å². The van der Waals surface area contributed by atoms with Crippen LogP contribution in [0, 0.1) is 15.5 Å². The summed E-state index contributed by atoms with van der Waals surface area (Å²) in [6, 6.07) is 0.00208. The Labute approximate surface area is 78.0 Å². The summed E-state index contributed by atoms with van der Waals surface area (Å²) in [5.41, 5.74) is 5.62. The third-order valence-electron chi connectivity index (χ3n) is 2.16. The molecule has 78 valence electrons. The number of nitrogens with two attached hydrogens (primary N) is 2. The van der Waals surface area contributed by atoms with Gasteiger partial charge in [0.05, 0.1) is 12.7 Å². The average Bonchev–Trinajstić information content (AvgIpc) is 2.24. The molecule has 0 unspecified atom stereocenters. The van der Waals surface area contributed by atoms with Crippen LogP contribution in [0.1, 0.15) is 12.8 Å². The zero-order chi connectivity index (χ0) is 10.1. The van der Waals surface area contributed by atoms with Gasteiger partial charge in [0.1, 0.15) is 10.1 Å². The first kappa shape index (κ1) is 10.9. The molecular weight excluding hydrogens is 192 g/mol. The van der Waals surface area contributed by atoms with E-state index in [0.717, 1.165) is 0 Å². The van der Waals surface area contributed by atoms with Gasteiger partial charge in [-0.25, -0.2) is 14.7 Å². The van der Waals surface area contributed by atoms with Gasteiger partial charge in [-0.05, 0) is 12.8 Å². The minimum atomic E-state index is -2.90. The number of aliphatic hydroxyl groups is 1. The topological polar surface area (TPSA) is 129 Å². The van der Waals surface area contributed by atoms with Crippen LogP contribution in [-0.2, 0) is 14.3 Å². The van der Waals surface area contributed by atoms with Crippen LogP contribution in [-0.4, -0.2) is 23.9 Å². The van der Waals surface area contributed by atoms with E-state index in [9.17, 15) is 5.11 Å². The van der Waals surface area contributed by atoms with Gasteiger partial charge in [0, 0.05) is 12.0 Å². The van der Waals surface area contributed by atoms with Crippen LogP contribution in [0.4, 0.5) is 0 Å². The van der Waals surface area contributed by atoms with Crippen LogP contribution in [0.2, 0.25) is 0 Å². The molecular formula is C6H16N4O2S. The first-order valence-corrected chi connectivity index (χ1v) is 5.69. The highest BCUT2D eigenvalue weighted by Crippen LogP contribution is 2.25. The highest BCUT2D eigenvalue weighted by molar-refractivity contribution is 7.86. The molecule has 1 saturated carbocycles. The molecule has 7 N–H and O–H groups in total. The Morgan fingerprint density at radius 2 is 2.08 bits per heavy atom. The molecule has 7 heteroatoms. The quantitative estimate of drug-likeness (QED) is 0.431. The normalized spacial score (nSPS) is 35.2. The second-order valence-corrected chi connectivity index (χ2v) is 4.88. The van der Waals surface area contributed by atoms with Gasteiger partial charge in [-0.15, -0.1) is 0 Å². The number of rotatable bonds is 3. The molecule has 0 aromatic carbocycles. The highest BCUT2D eigenvalue weighted by Gasteiger charge is 2.31. The second kappa shape index (κ2) is 3.89. The second-order valence-electron chi connectivity index (χ2n) is 3.44. The van der Waals surface area contributed by atoms with Crippen molar-refractivity contribution in [3.8, 4) is 0 Å². The van der Waals surface area contributed by atoms with Crippen molar-refractivity contribution in [3.05, 3.63) is 0 Å². The van der Waals surface area contributed by atoms with Crippen LogP contribution < -0.4 is 10.9 Å². The zero-order valence-corrected chi connectivity index (χ0v) is 8.09. The molecule has 1 rings (SSSR count).